The zero-order valence-electron chi connectivity index (χ0n) is 23.2. The first-order valence-electron chi connectivity index (χ1n) is 14.2. The van der Waals surface area contributed by atoms with Gasteiger partial charge in [-0.3, -0.25) is 19.4 Å². The first-order chi connectivity index (χ1) is 21.3. The van der Waals surface area contributed by atoms with Crippen LogP contribution >= 0.6 is 11.6 Å². The molecule has 0 unspecified atom stereocenters. The van der Waals surface area contributed by atoms with E-state index in [4.69, 9.17) is 16.7 Å². The molecule has 0 N–H and O–H groups in total. The second-order valence-electron chi connectivity index (χ2n) is 11.1. The molecule has 222 valence electrons. The number of hydrogen-bond acceptors (Lipinski definition) is 7. The molecule has 4 aliphatic rings. The van der Waals surface area contributed by atoms with Gasteiger partial charge in [0.1, 0.15) is 18.2 Å². The lowest BCUT2D eigenvalue weighted by Crippen LogP contribution is -2.45. The molecule has 3 heterocycles. The highest BCUT2D eigenvalue weighted by molar-refractivity contribution is 6.31. The molecule has 4 atom stereocenters. The number of halogens is 3. The normalized spacial score (nSPS) is 25.1. The van der Waals surface area contributed by atoms with E-state index in [0.29, 0.717) is 16.3 Å². The molecule has 0 radical (unpaired) electrons. The minimum Gasteiger partial charge on any atom is -0.271 e. The molecule has 12 heteroatoms. The molecule has 1 saturated heterocycles. The van der Waals surface area contributed by atoms with Crippen LogP contribution < -0.4 is 4.90 Å². The number of benzene rings is 3. The maximum Gasteiger partial charge on any atom is 0.264 e. The van der Waals surface area contributed by atoms with Crippen LogP contribution in [0, 0.1) is 17.6 Å². The molecule has 2 fully saturated rings. The Morgan fingerprint density at radius 2 is 1.59 bits per heavy atom. The van der Waals surface area contributed by atoms with Crippen molar-refractivity contribution in [2.24, 2.45) is 21.4 Å². The van der Waals surface area contributed by atoms with E-state index in [9.17, 15) is 23.2 Å². The van der Waals surface area contributed by atoms with Gasteiger partial charge in [0.25, 0.3) is 17.7 Å². The van der Waals surface area contributed by atoms with Crippen LogP contribution in [0.2, 0.25) is 5.02 Å². The molecule has 3 amide bonds. The highest BCUT2D eigenvalue weighted by Crippen LogP contribution is 2.45. The largest absolute Gasteiger partial charge is 0.271 e. The summed E-state index contributed by atoms with van der Waals surface area (Å²) in [6.07, 6.45) is 4.28. The fraction of sp³-hybridized carbons (Fsp3) is 0.250. The van der Waals surface area contributed by atoms with Crippen molar-refractivity contribution >= 4 is 46.8 Å². The highest BCUT2D eigenvalue weighted by atomic mass is 35.5. The summed E-state index contributed by atoms with van der Waals surface area (Å²) in [5.74, 6) is -2.42. The van der Waals surface area contributed by atoms with Crippen LogP contribution in [-0.2, 0) is 14.4 Å². The lowest BCUT2D eigenvalue weighted by molar-refractivity contribution is -0.136. The summed E-state index contributed by atoms with van der Waals surface area (Å²) in [6.45, 7) is -0.351. The number of allylic oxidation sites excluding steroid dienone is 1. The summed E-state index contributed by atoms with van der Waals surface area (Å²) in [4.78, 5) is 41.6. The quantitative estimate of drug-likeness (QED) is 0.343. The maximum atomic E-state index is 14.0. The highest BCUT2D eigenvalue weighted by Gasteiger charge is 2.55. The standard InChI is InChI=1S/C32H25ClF2N6O3/c33-21-8-14-24(15-9-21)40-31(43)28-30(32(40)44)39(38-36-28)17-26(42)41-29(19-6-12-23(35)13-7-19)25-3-1-2-20(27(25)37-41)16-18-4-10-22(34)11-5-18/h4-16,25,28-30H,1-3,17H2/b20-16-/t25-,28+,29-,30-/m0/s1. The van der Waals surface area contributed by atoms with Crippen LogP contribution in [0.15, 0.2) is 93.8 Å². The van der Waals surface area contributed by atoms with Gasteiger partial charge in [-0.25, -0.2) is 18.7 Å². The number of amides is 3. The summed E-state index contributed by atoms with van der Waals surface area (Å²) in [7, 11) is 0. The molecule has 3 aliphatic heterocycles. The lowest BCUT2D eigenvalue weighted by Gasteiger charge is -2.30. The zero-order valence-corrected chi connectivity index (χ0v) is 23.9. The Bertz CT molecular complexity index is 1740. The minimum atomic E-state index is -1.07. The molecule has 9 nitrogen and oxygen atoms in total. The SMILES string of the molecule is O=C1[C@@H]2[C@@H](N=NN2CC(=O)N2N=C3/C(=C\c4ccc(F)cc4)CCC[C@@H]3[C@@H]2c2ccc(F)cc2)C(=O)N1c1ccc(Cl)cc1. The van der Waals surface area contributed by atoms with Gasteiger partial charge in [-0.1, -0.05) is 41.1 Å². The molecule has 0 spiro atoms. The Morgan fingerprint density at radius 1 is 0.909 bits per heavy atom. The Hall–Kier alpha value is -4.77. The van der Waals surface area contributed by atoms with Crippen LogP contribution in [-0.4, -0.2) is 52.1 Å². The van der Waals surface area contributed by atoms with Crippen molar-refractivity contribution in [1.82, 2.24) is 10.0 Å². The van der Waals surface area contributed by atoms with Crippen LogP contribution in [0.3, 0.4) is 0 Å². The predicted molar refractivity (Wildman–Crippen MR) is 158 cm³/mol. The Balaban J connectivity index is 1.18. The summed E-state index contributed by atoms with van der Waals surface area (Å²) in [5, 5.41) is 16.0. The number of hydrazone groups is 1. The average molecular weight is 615 g/mol. The number of anilines is 1. The second kappa shape index (κ2) is 11.1. The van der Waals surface area contributed by atoms with Crippen molar-refractivity contribution in [2.75, 3.05) is 11.4 Å². The number of carbonyl (C=O) groups excluding carboxylic acids is 3. The van der Waals surface area contributed by atoms with E-state index in [2.05, 4.69) is 10.3 Å². The molecule has 1 saturated carbocycles. The van der Waals surface area contributed by atoms with E-state index >= 15 is 0 Å². The van der Waals surface area contributed by atoms with Gasteiger partial charge in [-0.2, -0.15) is 10.2 Å². The summed E-state index contributed by atoms with van der Waals surface area (Å²) >= 11 is 5.98. The van der Waals surface area contributed by atoms with Gasteiger partial charge in [-0.05, 0) is 90.6 Å². The van der Waals surface area contributed by atoms with E-state index in [1.165, 1.54) is 34.3 Å². The predicted octanol–water partition coefficient (Wildman–Crippen LogP) is 5.73. The van der Waals surface area contributed by atoms with Crippen molar-refractivity contribution in [3.63, 3.8) is 0 Å². The van der Waals surface area contributed by atoms with Gasteiger partial charge in [0.15, 0.2) is 12.1 Å². The molecule has 3 aromatic carbocycles. The van der Waals surface area contributed by atoms with Gasteiger partial charge in [0.2, 0.25) is 0 Å². The van der Waals surface area contributed by atoms with Crippen molar-refractivity contribution in [2.45, 2.75) is 37.4 Å². The average Bonchev–Trinajstić information content (AvgIpc) is 3.69. The lowest BCUT2D eigenvalue weighted by atomic mass is 9.77. The first kappa shape index (κ1) is 28.0. The molecule has 0 bridgehead atoms. The minimum absolute atomic E-state index is 0.159. The van der Waals surface area contributed by atoms with Gasteiger partial charge in [0.05, 0.1) is 17.4 Å². The number of nitrogens with zero attached hydrogens (tertiary/aromatic N) is 6. The third-order valence-electron chi connectivity index (χ3n) is 8.42. The molecular weight excluding hydrogens is 590 g/mol. The first-order valence-corrected chi connectivity index (χ1v) is 14.6. The summed E-state index contributed by atoms with van der Waals surface area (Å²) < 4.78 is 27.4. The monoisotopic (exact) mass is 614 g/mol. The molecular formula is C32H25ClF2N6O3. The van der Waals surface area contributed by atoms with E-state index in [0.717, 1.165) is 41.0 Å². The van der Waals surface area contributed by atoms with Crippen molar-refractivity contribution in [3.05, 3.63) is 106 Å². The van der Waals surface area contributed by atoms with Gasteiger partial charge in [0, 0.05) is 10.9 Å². The smallest absolute Gasteiger partial charge is 0.264 e. The number of carbonyl (C=O) groups is 3. The second-order valence-corrected chi connectivity index (χ2v) is 11.6. The van der Waals surface area contributed by atoms with E-state index in [1.54, 1.807) is 48.5 Å². The molecule has 7 rings (SSSR count). The maximum absolute atomic E-state index is 14.0. The Labute approximate surface area is 256 Å². The summed E-state index contributed by atoms with van der Waals surface area (Å²) in [5.41, 5.74) is 3.56. The van der Waals surface area contributed by atoms with Crippen LogP contribution in [0.5, 0.6) is 0 Å². The third kappa shape index (κ3) is 4.86. The van der Waals surface area contributed by atoms with Crippen molar-refractivity contribution in [1.29, 1.82) is 0 Å². The van der Waals surface area contributed by atoms with Gasteiger partial charge >= 0.3 is 0 Å². The molecule has 0 aromatic heterocycles. The molecule has 44 heavy (non-hydrogen) atoms. The third-order valence-corrected chi connectivity index (χ3v) is 8.67. The Morgan fingerprint density at radius 3 is 2.30 bits per heavy atom. The van der Waals surface area contributed by atoms with E-state index in [-0.39, 0.29) is 18.3 Å². The van der Waals surface area contributed by atoms with Crippen LogP contribution in [0.4, 0.5) is 14.5 Å². The van der Waals surface area contributed by atoms with E-state index in [1.807, 2.05) is 6.08 Å². The van der Waals surface area contributed by atoms with Crippen molar-refractivity contribution in [3.8, 4) is 0 Å². The van der Waals surface area contributed by atoms with Crippen LogP contribution in [0.1, 0.15) is 36.4 Å². The van der Waals surface area contributed by atoms with Crippen molar-refractivity contribution < 1.29 is 23.2 Å². The number of rotatable bonds is 5. The molecule has 1 aliphatic carbocycles. The fourth-order valence-electron chi connectivity index (χ4n) is 6.37. The number of fused-ring (bicyclic) bond motifs is 2. The summed E-state index contributed by atoms with van der Waals surface area (Å²) in [6, 6.07) is 15.8. The molecule has 3 aromatic rings. The topological polar surface area (TPSA) is 98.0 Å². The Kier molecular flexibility index (Phi) is 7.04. The number of hydrogen-bond donors (Lipinski definition) is 0. The van der Waals surface area contributed by atoms with E-state index < -0.39 is 41.7 Å². The van der Waals surface area contributed by atoms with Gasteiger partial charge in [-0.15, -0.1) is 0 Å². The number of imide groups is 1. The zero-order chi connectivity index (χ0) is 30.5. The van der Waals surface area contributed by atoms with Gasteiger partial charge < -0.3 is 0 Å². The fourth-order valence-corrected chi connectivity index (χ4v) is 6.50. The van der Waals surface area contributed by atoms with Crippen LogP contribution in [0.25, 0.3) is 6.08 Å².